The van der Waals surface area contributed by atoms with Gasteiger partial charge in [0.05, 0.1) is 5.92 Å². The fourth-order valence-corrected chi connectivity index (χ4v) is 3.51. The summed E-state index contributed by atoms with van der Waals surface area (Å²) in [5.41, 5.74) is 0.515. The first-order valence-electron chi connectivity index (χ1n) is 7.86. The molecule has 1 saturated heterocycles. The highest BCUT2D eigenvalue weighted by Gasteiger charge is 2.29. The molecule has 1 fully saturated rings. The number of rotatable bonds is 4. The molecule has 8 nitrogen and oxygen atoms in total. The van der Waals surface area contributed by atoms with Crippen molar-refractivity contribution in [3.63, 3.8) is 0 Å². The van der Waals surface area contributed by atoms with Crippen molar-refractivity contribution in [1.29, 1.82) is 0 Å². The summed E-state index contributed by atoms with van der Waals surface area (Å²) >= 11 is 6.77. The van der Waals surface area contributed by atoms with E-state index in [1.165, 1.54) is 0 Å². The third kappa shape index (κ3) is 4.17. The predicted molar refractivity (Wildman–Crippen MR) is 95.6 cm³/mol. The second-order valence-corrected chi connectivity index (χ2v) is 7.20. The number of nitrogens with one attached hydrogen (secondary N) is 1. The first kappa shape index (κ1) is 18.3. The minimum absolute atomic E-state index is 0.0637. The summed E-state index contributed by atoms with van der Waals surface area (Å²) < 4.78 is 0. The molecule has 0 atom stereocenters. The van der Waals surface area contributed by atoms with Gasteiger partial charge in [0.15, 0.2) is 0 Å². The Balaban J connectivity index is 1.63. The highest BCUT2D eigenvalue weighted by Crippen LogP contribution is 2.21. The van der Waals surface area contributed by atoms with Crippen LogP contribution in [0.1, 0.15) is 32.4 Å². The SMILES string of the molecule is O=C(Nc1cccc(Cl)c1)c1nnc(C(=O)N2CCC(C(=O)O)CC2)s1. The van der Waals surface area contributed by atoms with Gasteiger partial charge in [-0.3, -0.25) is 14.4 Å². The summed E-state index contributed by atoms with van der Waals surface area (Å²) in [6.45, 7) is 0.693. The van der Waals surface area contributed by atoms with Gasteiger partial charge in [0.2, 0.25) is 10.0 Å². The Morgan fingerprint density at radius 3 is 2.54 bits per heavy atom. The van der Waals surface area contributed by atoms with Gasteiger partial charge in [-0.05, 0) is 31.0 Å². The molecule has 136 valence electrons. The number of aliphatic carboxylic acids is 1. The molecule has 1 aliphatic heterocycles. The van der Waals surface area contributed by atoms with Crippen LogP contribution in [0.4, 0.5) is 5.69 Å². The first-order valence-corrected chi connectivity index (χ1v) is 9.06. The number of nitrogens with zero attached hydrogens (tertiary/aromatic N) is 3. The van der Waals surface area contributed by atoms with Crippen LogP contribution in [0.3, 0.4) is 0 Å². The van der Waals surface area contributed by atoms with Gasteiger partial charge in [-0.1, -0.05) is 29.0 Å². The molecular formula is C16H15ClN4O4S. The van der Waals surface area contributed by atoms with Crippen molar-refractivity contribution in [3.05, 3.63) is 39.3 Å². The van der Waals surface area contributed by atoms with Crippen molar-refractivity contribution in [2.75, 3.05) is 18.4 Å². The van der Waals surface area contributed by atoms with E-state index in [-0.39, 0.29) is 15.9 Å². The number of carboxylic acids is 1. The van der Waals surface area contributed by atoms with Crippen LogP contribution in [0.15, 0.2) is 24.3 Å². The van der Waals surface area contributed by atoms with Gasteiger partial charge < -0.3 is 15.3 Å². The molecule has 2 amide bonds. The molecule has 1 aromatic heterocycles. The second kappa shape index (κ2) is 7.79. The fourth-order valence-electron chi connectivity index (χ4n) is 2.62. The lowest BCUT2D eigenvalue weighted by atomic mass is 9.97. The van der Waals surface area contributed by atoms with E-state index in [1.807, 2.05) is 0 Å². The first-order chi connectivity index (χ1) is 12.4. The molecule has 2 N–H and O–H groups in total. The summed E-state index contributed by atoms with van der Waals surface area (Å²) in [5, 5.41) is 19.9. The Labute approximate surface area is 157 Å². The van der Waals surface area contributed by atoms with Gasteiger partial charge in [-0.2, -0.15) is 0 Å². The smallest absolute Gasteiger partial charge is 0.306 e. The Bertz CT molecular complexity index is 848. The number of carbonyl (C=O) groups excluding carboxylic acids is 2. The van der Waals surface area contributed by atoms with Crippen LogP contribution in [0.25, 0.3) is 0 Å². The molecule has 0 aliphatic carbocycles. The van der Waals surface area contributed by atoms with Crippen LogP contribution in [0, 0.1) is 5.92 Å². The predicted octanol–water partition coefficient (Wildman–Crippen LogP) is 2.38. The normalized spacial score (nSPS) is 14.9. The number of halogens is 1. The third-order valence-corrected chi connectivity index (χ3v) is 5.16. The zero-order valence-electron chi connectivity index (χ0n) is 13.5. The summed E-state index contributed by atoms with van der Waals surface area (Å²) in [6, 6.07) is 6.67. The van der Waals surface area contributed by atoms with Crippen LogP contribution in [0.2, 0.25) is 5.02 Å². The number of amides is 2. The van der Waals surface area contributed by atoms with Gasteiger partial charge in [0, 0.05) is 23.8 Å². The summed E-state index contributed by atoms with van der Waals surface area (Å²) in [4.78, 5) is 37.2. The lowest BCUT2D eigenvalue weighted by Crippen LogP contribution is -2.40. The molecule has 0 saturated carbocycles. The number of hydrogen-bond donors (Lipinski definition) is 2. The van der Waals surface area contributed by atoms with Crippen molar-refractivity contribution in [2.24, 2.45) is 5.92 Å². The van der Waals surface area contributed by atoms with Crippen molar-refractivity contribution in [2.45, 2.75) is 12.8 Å². The largest absolute Gasteiger partial charge is 0.481 e. The minimum Gasteiger partial charge on any atom is -0.481 e. The fraction of sp³-hybridized carbons (Fsp3) is 0.312. The summed E-state index contributed by atoms with van der Waals surface area (Å²) in [5.74, 6) is -2.08. The van der Waals surface area contributed by atoms with E-state index in [0.717, 1.165) is 11.3 Å². The van der Waals surface area contributed by atoms with Gasteiger partial charge in [0.1, 0.15) is 0 Å². The van der Waals surface area contributed by atoms with Gasteiger partial charge in [-0.15, -0.1) is 10.2 Å². The zero-order valence-corrected chi connectivity index (χ0v) is 15.1. The maximum atomic E-state index is 12.5. The molecule has 0 bridgehead atoms. The molecule has 2 aromatic rings. The highest BCUT2D eigenvalue weighted by molar-refractivity contribution is 7.15. The van der Waals surface area contributed by atoms with E-state index >= 15 is 0 Å². The third-order valence-electron chi connectivity index (χ3n) is 4.02. The number of hydrogen-bond acceptors (Lipinski definition) is 6. The molecular weight excluding hydrogens is 380 g/mol. The number of aromatic nitrogens is 2. The van der Waals surface area contributed by atoms with Crippen molar-refractivity contribution in [1.82, 2.24) is 15.1 Å². The van der Waals surface area contributed by atoms with Crippen molar-refractivity contribution < 1.29 is 19.5 Å². The summed E-state index contributed by atoms with van der Waals surface area (Å²) in [6.07, 6.45) is 0.809. The van der Waals surface area contributed by atoms with Crippen LogP contribution in [-0.2, 0) is 4.79 Å². The van der Waals surface area contributed by atoms with E-state index in [9.17, 15) is 14.4 Å². The van der Waals surface area contributed by atoms with Crippen LogP contribution in [0.5, 0.6) is 0 Å². The topological polar surface area (TPSA) is 112 Å². The number of benzene rings is 1. The lowest BCUT2D eigenvalue weighted by molar-refractivity contribution is -0.143. The number of carboxylic acid groups (broad SMARTS) is 1. The van der Waals surface area contributed by atoms with E-state index in [2.05, 4.69) is 15.5 Å². The average Bonchev–Trinajstić information content (AvgIpc) is 3.11. The lowest BCUT2D eigenvalue weighted by Gasteiger charge is -2.29. The van der Waals surface area contributed by atoms with E-state index in [4.69, 9.17) is 16.7 Å². The molecule has 10 heteroatoms. The molecule has 1 aliphatic rings. The van der Waals surface area contributed by atoms with E-state index < -0.39 is 17.8 Å². The Morgan fingerprint density at radius 1 is 1.19 bits per heavy atom. The van der Waals surface area contributed by atoms with Crippen molar-refractivity contribution >= 4 is 46.4 Å². The highest BCUT2D eigenvalue weighted by atomic mass is 35.5. The van der Waals surface area contributed by atoms with Gasteiger partial charge in [-0.25, -0.2) is 0 Å². The molecule has 0 radical (unpaired) electrons. The van der Waals surface area contributed by atoms with Crippen LogP contribution in [-0.4, -0.2) is 51.1 Å². The number of carbonyl (C=O) groups is 3. The monoisotopic (exact) mass is 394 g/mol. The standard InChI is InChI=1S/C16H15ClN4O4S/c17-10-2-1-3-11(8-10)18-12(22)13-19-20-14(26-13)15(23)21-6-4-9(5-7-21)16(24)25/h1-3,8-9H,4-7H2,(H,18,22)(H,24,25). The Morgan fingerprint density at radius 2 is 1.88 bits per heavy atom. The van der Waals surface area contributed by atoms with E-state index in [0.29, 0.717) is 36.6 Å². The van der Waals surface area contributed by atoms with Gasteiger partial charge >= 0.3 is 5.97 Å². The minimum atomic E-state index is -0.840. The van der Waals surface area contributed by atoms with Crippen molar-refractivity contribution in [3.8, 4) is 0 Å². The molecule has 0 unspecified atom stereocenters. The molecule has 2 heterocycles. The maximum Gasteiger partial charge on any atom is 0.306 e. The van der Waals surface area contributed by atoms with Crippen LogP contribution < -0.4 is 5.32 Å². The Kier molecular flexibility index (Phi) is 5.48. The number of anilines is 1. The maximum absolute atomic E-state index is 12.5. The zero-order chi connectivity index (χ0) is 18.7. The molecule has 26 heavy (non-hydrogen) atoms. The molecule has 1 aromatic carbocycles. The Hall–Kier alpha value is -2.52. The van der Waals surface area contributed by atoms with Gasteiger partial charge in [0.25, 0.3) is 11.8 Å². The number of likely N-dealkylation sites (tertiary alicyclic amines) is 1. The quantitative estimate of drug-likeness (QED) is 0.823. The van der Waals surface area contributed by atoms with Crippen LogP contribution >= 0.6 is 22.9 Å². The average molecular weight is 395 g/mol. The van der Waals surface area contributed by atoms with E-state index in [1.54, 1.807) is 29.2 Å². The number of piperidine rings is 1. The second-order valence-electron chi connectivity index (χ2n) is 5.78. The molecule has 0 spiro atoms. The summed E-state index contributed by atoms with van der Waals surface area (Å²) in [7, 11) is 0. The molecule has 3 rings (SSSR count).